The minimum Gasteiger partial charge on any atom is -0.458 e. The van der Waals surface area contributed by atoms with Crippen LogP contribution < -0.4 is 0 Å². The van der Waals surface area contributed by atoms with Crippen LogP contribution in [-0.4, -0.2) is 89.5 Å². The number of carbonyl (C=O) groups is 1. The molecule has 0 unspecified atom stereocenters. The summed E-state index contributed by atoms with van der Waals surface area (Å²) in [5, 5.41) is 0. The van der Waals surface area contributed by atoms with Gasteiger partial charge in [-0.05, 0) is 125 Å². The molecule has 0 rings (SSSR count). The molecular weight excluding hydrogens is 689 g/mol. The quantitative estimate of drug-likeness (QED) is 0.0790. The average molecular weight is 752 g/mol. The topological polar surface area (TPSA) is 100 Å². The maximum atomic E-state index is 12.7. The van der Waals surface area contributed by atoms with Crippen molar-refractivity contribution in [2.75, 3.05) is 6.23 Å². The lowest BCUT2D eigenvalue weighted by Gasteiger charge is -2.46. The Morgan fingerprint density at radius 3 is 1.12 bits per heavy atom. The predicted molar refractivity (Wildman–Crippen MR) is 193 cm³/mol. The summed E-state index contributed by atoms with van der Waals surface area (Å²) in [5.74, 6) is -0.546. The molecule has 0 atom stereocenters. The highest BCUT2D eigenvalue weighted by Gasteiger charge is 2.63. The van der Waals surface area contributed by atoms with Crippen LogP contribution >= 0.6 is 0 Å². The van der Waals surface area contributed by atoms with Gasteiger partial charge < -0.3 is 37.7 Å². The monoisotopic (exact) mass is 750 g/mol. The summed E-state index contributed by atoms with van der Waals surface area (Å²) in [6.07, 6.45) is -0.217. The Labute approximate surface area is 267 Å². The Bertz CT molecular complexity index is 847. The van der Waals surface area contributed by atoms with Crippen LogP contribution in [0.4, 0.5) is 0 Å². The third-order valence-electron chi connectivity index (χ3n) is 3.93. The Morgan fingerprint density at radius 2 is 0.857 bits per heavy atom. The van der Waals surface area contributed by atoms with Gasteiger partial charge in [-0.2, -0.15) is 0 Å². The van der Waals surface area contributed by atoms with Crippen LogP contribution in [0.5, 0.6) is 0 Å². The molecule has 0 aromatic heterocycles. The fourth-order valence-corrected chi connectivity index (χ4v) is 31.8. The van der Waals surface area contributed by atoms with E-state index in [9.17, 15) is 4.79 Å². The number of carbonyl (C=O) groups excluding carboxylic acids is 1. The standard InChI is InChI=1S/C23H62O10Si9/c1-22(2)23(24)25-21-41(29-37(9,10)11,30-38(12,13)14)33-42(31-39(15,16)17,32-40(18,19)20)28-34(26-35(3,4)5)27-36(6,7)8/h34H,1,21H2,2-20H3. The first-order chi connectivity index (χ1) is 18.1. The smallest absolute Gasteiger partial charge is 0.458 e. The molecule has 0 aliphatic carbocycles. The van der Waals surface area contributed by atoms with Crippen LogP contribution in [0.1, 0.15) is 6.92 Å². The summed E-state index contributed by atoms with van der Waals surface area (Å²) in [4.78, 5) is 12.7. The van der Waals surface area contributed by atoms with E-state index in [1.165, 1.54) is 0 Å². The molecule has 0 saturated carbocycles. The number of rotatable bonds is 19. The van der Waals surface area contributed by atoms with Crippen molar-refractivity contribution >= 4 is 83.3 Å². The number of ether oxygens (including phenoxy) is 1. The maximum Gasteiger partial charge on any atom is 0.643 e. The lowest BCUT2D eigenvalue weighted by molar-refractivity contribution is -0.138. The van der Waals surface area contributed by atoms with Crippen LogP contribution in [0.25, 0.3) is 0 Å². The van der Waals surface area contributed by atoms with Crippen molar-refractivity contribution in [1.82, 2.24) is 0 Å². The van der Waals surface area contributed by atoms with Crippen LogP contribution in [0, 0.1) is 0 Å². The van der Waals surface area contributed by atoms with E-state index in [0.29, 0.717) is 0 Å². The summed E-state index contributed by atoms with van der Waals surface area (Å²) >= 11 is 0. The molecule has 0 spiro atoms. The molecular formula is C23H62O10Si9. The van der Waals surface area contributed by atoms with Crippen LogP contribution in [0.3, 0.4) is 0 Å². The molecule has 0 fully saturated rings. The number of hydrogen-bond donors (Lipinski definition) is 0. The van der Waals surface area contributed by atoms with Gasteiger partial charge in [0.15, 0.2) is 56.1 Å². The SMILES string of the molecule is C=C(C)C(=O)OC[Si](O[Si](C)(C)C)(O[Si](C)(C)C)O[Si](O[SiH](O[Si](C)(C)C)O[Si](C)(C)C)(O[Si](C)(C)C)O[Si](C)(C)C. The molecule has 19 heteroatoms. The summed E-state index contributed by atoms with van der Waals surface area (Å²) in [6, 6.07) is 0. The lowest BCUT2D eigenvalue weighted by atomic mass is 10.4. The highest BCUT2D eigenvalue weighted by molar-refractivity contribution is 6.93. The van der Waals surface area contributed by atoms with E-state index in [2.05, 4.69) is 124 Å². The zero-order valence-electron chi connectivity index (χ0n) is 30.1. The maximum absolute atomic E-state index is 12.7. The molecule has 0 aromatic carbocycles. The van der Waals surface area contributed by atoms with Crippen molar-refractivity contribution < 1.29 is 42.5 Å². The van der Waals surface area contributed by atoms with Crippen molar-refractivity contribution in [3.05, 3.63) is 12.2 Å². The van der Waals surface area contributed by atoms with E-state index in [4.69, 9.17) is 37.7 Å². The van der Waals surface area contributed by atoms with Gasteiger partial charge in [0, 0.05) is 5.57 Å². The first-order valence-electron chi connectivity index (χ1n) is 14.5. The van der Waals surface area contributed by atoms with Gasteiger partial charge in [0.05, 0.1) is 0 Å². The fraction of sp³-hybridized carbons (Fsp3) is 0.870. The summed E-state index contributed by atoms with van der Waals surface area (Å²) in [7, 11) is -24.7. The second kappa shape index (κ2) is 15.2. The molecule has 0 aromatic rings. The molecule has 42 heavy (non-hydrogen) atoms. The van der Waals surface area contributed by atoms with Gasteiger partial charge >= 0.3 is 33.3 Å². The lowest BCUT2D eigenvalue weighted by Crippen LogP contribution is -2.71. The summed E-state index contributed by atoms with van der Waals surface area (Å²) < 4.78 is 60.5. The minimum atomic E-state index is -4.14. The van der Waals surface area contributed by atoms with Gasteiger partial charge in [-0.25, -0.2) is 4.79 Å². The van der Waals surface area contributed by atoms with E-state index in [1.807, 2.05) is 0 Å². The van der Waals surface area contributed by atoms with Crippen LogP contribution in [0.15, 0.2) is 12.2 Å². The van der Waals surface area contributed by atoms with Gasteiger partial charge in [0.2, 0.25) is 0 Å². The molecule has 0 saturated heterocycles. The van der Waals surface area contributed by atoms with Gasteiger partial charge in [0.25, 0.3) is 0 Å². The second-order valence-electron chi connectivity index (χ2n) is 16.4. The second-order valence-corrected chi connectivity index (χ2v) is 51.9. The molecule has 250 valence electrons. The zero-order chi connectivity index (χ0) is 33.8. The Morgan fingerprint density at radius 1 is 0.524 bits per heavy atom. The van der Waals surface area contributed by atoms with E-state index in [-0.39, 0.29) is 11.8 Å². The van der Waals surface area contributed by atoms with E-state index in [0.717, 1.165) is 0 Å². The fourth-order valence-electron chi connectivity index (χ4n) is 3.20. The molecule has 0 aliphatic rings. The summed E-state index contributed by atoms with van der Waals surface area (Å²) in [6.45, 7) is 42.6. The minimum absolute atomic E-state index is 0.217. The van der Waals surface area contributed by atoms with E-state index < -0.39 is 83.3 Å². The summed E-state index contributed by atoms with van der Waals surface area (Å²) in [5.41, 5.74) is 0.273. The normalized spacial score (nSPS) is 14.9. The van der Waals surface area contributed by atoms with Gasteiger partial charge in [-0.1, -0.05) is 6.58 Å². The highest BCUT2D eigenvalue weighted by Crippen LogP contribution is 2.33. The molecule has 0 N–H and O–H groups in total. The zero-order valence-corrected chi connectivity index (χ0v) is 39.2. The Hall–Kier alpha value is 0.842. The molecule has 0 heterocycles. The van der Waals surface area contributed by atoms with Gasteiger partial charge in [-0.15, -0.1) is 0 Å². The third kappa shape index (κ3) is 20.8. The average Bonchev–Trinajstić information content (AvgIpc) is 2.56. The van der Waals surface area contributed by atoms with Crippen molar-refractivity contribution in [1.29, 1.82) is 0 Å². The van der Waals surface area contributed by atoms with E-state index in [1.54, 1.807) is 6.92 Å². The third-order valence-corrected chi connectivity index (χ3v) is 30.1. The highest BCUT2D eigenvalue weighted by atomic mass is 28.6. The van der Waals surface area contributed by atoms with Gasteiger partial charge in [0.1, 0.15) is 0 Å². The van der Waals surface area contributed by atoms with Crippen LogP contribution in [-0.2, 0) is 42.5 Å². The number of hydrogen-bond acceptors (Lipinski definition) is 10. The first-order valence-corrected chi connectivity index (χ1v) is 39.9. The van der Waals surface area contributed by atoms with E-state index >= 15 is 0 Å². The largest absolute Gasteiger partial charge is 0.643 e. The van der Waals surface area contributed by atoms with Crippen molar-refractivity contribution in [2.24, 2.45) is 0 Å². The Kier molecular flexibility index (Phi) is 15.5. The van der Waals surface area contributed by atoms with Crippen LogP contribution in [0.2, 0.25) is 118 Å². The predicted octanol–water partition coefficient (Wildman–Crippen LogP) is 6.88. The molecule has 10 nitrogen and oxygen atoms in total. The van der Waals surface area contributed by atoms with Gasteiger partial charge in [-0.3, -0.25) is 0 Å². The molecule has 0 aliphatic heterocycles. The van der Waals surface area contributed by atoms with Crippen molar-refractivity contribution in [3.8, 4) is 0 Å². The molecule has 0 bridgehead atoms. The number of esters is 1. The molecule has 0 amide bonds. The van der Waals surface area contributed by atoms with Crippen molar-refractivity contribution in [2.45, 2.75) is 125 Å². The Balaban J connectivity index is 7.51. The molecule has 0 radical (unpaired) electrons. The first kappa shape index (κ1) is 42.8. The van der Waals surface area contributed by atoms with Crippen molar-refractivity contribution in [3.63, 3.8) is 0 Å².